The van der Waals surface area contributed by atoms with Gasteiger partial charge in [0.15, 0.2) is 0 Å². The normalized spacial score (nSPS) is 14.3. The molecule has 140 valence electrons. The van der Waals surface area contributed by atoms with Crippen molar-refractivity contribution in [1.82, 2.24) is 0 Å². The van der Waals surface area contributed by atoms with E-state index in [9.17, 15) is 0 Å². The van der Waals surface area contributed by atoms with Gasteiger partial charge in [-0.15, -0.1) is 0 Å². The van der Waals surface area contributed by atoms with Crippen LogP contribution >= 0.6 is 6.89 Å². The van der Waals surface area contributed by atoms with Crippen LogP contribution in [0.3, 0.4) is 0 Å². The van der Waals surface area contributed by atoms with Crippen molar-refractivity contribution in [2.45, 2.75) is 5.66 Å². The molecule has 0 unspecified atom stereocenters. The molecule has 0 nitrogen and oxygen atoms in total. The third-order valence-electron chi connectivity index (χ3n) is 6.68. The second-order valence-corrected chi connectivity index (χ2v) is 12.6. The third kappa shape index (κ3) is 2.27. The van der Waals surface area contributed by atoms with Gasteiger partial charge in [0.1, 0.15) is 0 Å². The molecule has 0 saturated heterocycles. The van der Waals surface area contributed by atoms with E-state index in [4.69, 9.17) is 0 Å². The largest absolute Gasteiger partial charge is 0.0905 e. The molecule has 0 atom stereocenters. The van der Waals surface area contributed by atoms with Gasteiger partial charge < -0.3 is 0 Å². The first-order valence-corrected chi connectivity index (χ1v) is 13.0. The number of rotatable bonds is 1. The van der Waals surface area contributed by atoms with Crippen molar-refractivity contribution in [3.8, 4) is 22.3 Å². The third-order valence-corrected chi connectivity index (χ3v) is 10.2. The summed E-state index contributed by atoms with van der Waals surface area (Å²) in [4.78, 5) is 0. The van der Waals surface area contributed by atoms with Gasteiger partial charge in [0.2, 0.25) is 0 Å². The van der Waals surface area contributed by atoms with E-state index < -0.39 is 6.89 Å². The summed E-state index contributed by atoms with van der Waals surface area (Å²) in [6, 6.07) is 36.1. The van der Waals surface area contributed by atoms with Crippen molar-refractivity contribution in [1.29, 1.82) is 0 Å². The van der Waals surface area contributed by atoms with Crippen LogP contribution < -0.4 is 0 Å². The Labute approximate surface area is 172 Å². The van der Waals surface area contributed by atoms with Crippen LogP contribution in [0.2, 0.25) is 0 Å². The topological polar surface area (TPSA) is 0 Å². The highest BCUT2D eigenvalue weighted by molar-refractivity contribution is 7.76. The van der Waals surface area contributed by atoms with Crippen molar-refractivity contribution in [2.75, 3.05) is 13.3 Å². The Balaban J connectivity index is 1.73. The minimum absolute atomic E-state index is 0.448. The summed E-state index contributed by atoms with van der Waals surface area (Å²) in [5.41, 5.74) is 12.0. The molecule has 0 saturated carbocycles. The SMILES string of the molecule is CP(C)(=C1c2ccccc2-c2ccccc21)C1c2ccccc2-c2ccccc21. The molecule has 0 aromatic heterocycles. The van der Waals surface area contributed by atoms with Crippen LogP contribution in [0.4, 0.5) is 0 Å². The first-order chi connectivity index (χ1) is 14.2. The predicted molar refractivity (Wildman–Crippen MR) is 128 cm³/mol. The van der Waals surface area contributed by atoms with Crippen molar-refractivity contribution in [3.63, 3.8) is 0 Å². The highest BCUT2D eigenvalue weighted by Gasteiger charge is 2.38. The summed E-state index contributed by atoms with van der Waals surface area (Å²) >= 11 is 0. The van der Waals surface area contributed by atoms with Gasteiger partial charge in [-0.05, 0) is 63.1 Å². The zero-order valence-corrected chi connectivity index (χ0v) is 17.7. The first kappa shape index (κ1) is 17.1. The molecule has 0 spiro atoms. The summed E-state index contributed by atoms with van der Waals surface area (Å²) in [5.74, 6) is 0. The lowest BCUT2D eigenvalue weighted by Gasteiger charge is -2.30. The van der Waals surface area contributed by atoms with Gasteiger partial charge in [0.25, 0.3) is 0 Å². The van der Waals surface area contributed by atoms with Crippen molar-refractivity contribution < 1.29 is 0 Å². The average molecular weight is 390 g/mol. The summed E-state index contributed by atoms with van der Waals surface area (Å²) in [7, 11) is 0. The number of fused-ring (bicyclic) bond motifs is 6. The fourth-order valence-electron chi connectivity index (χ4n) is 5.57. The summed E-state index contributed by atoms with van der Waals surface area (Å²) in [6.45, 7) is 3.54. The lowest BCUT2D eigenvalue weighted by molar-refractivity contribution is 1.19. The second kappa shape index (κ2) is 6.09. The van der Waals surface area contributed by atoms with Gasteiger partial charge in [-0.1, -0.05) is 104 Å². The van der Waals surface area contributed by atoms with E-state index in [0.29, 0.717) is 5.66 Å². The fraction of sp³-hybridized carbons (Fsp3) is 0.107. The maximum atomic E-state index is 2.55. The monoisotopic (exact) mass is 390 g/mol. The van der Waals surface area contributed by atoms with E-state index in [0.717, 1.165) is 0 Å². The quantitative estimate of drug-likeness (QED) is 0.264. The molecule has 4 aromatic rings. The lowest BCUT2D eigenvalue weighted by atomic mass is 10.1. The molecule has 29 heavy (non-hydrogen) atoms. The molecule has 1 heteroatoms. The minimum atomic E-state index is -1.55. The molecule has 0 amide bonds. The maximum absolute atomic E-state index is 2.55. The smallest absolute Gasteiger partial charge is 0.0303 e. The van der Waals surface area contributed by atoms with E-state index in [2.05, 4.69) is 110 Å². The van der Waals surface area contributed by atoms with Crippen LogP contribution in [0.5, 0.6) is 0 Å². The zero-order valence-electron chi connectivity index (χ0n) is 16.8. The molecule has 2 aliphatic carbocycles. The van der Waals surface area contributed by atoms with Crippen LogP contribution in [0.15, 0.2) is 97.1 Å². The van der Waals surface area contributed by atoms with Gasteiger partial charge in [0.05, 0.1) is 0 Å². The molecule has 0 heterocycles. The molecule has 6 rings (SSSR count). The molecule has 0 aliphatic heterocycles. The second-order valence-electron chi connectivity index (χ2n) is 8.56. The molecule has 0 bridgehead atoms. The van der Waals surface area contributed by atoms with Gasteiger partial charge in [-0.2, -0.15) is 0 Å². The van der Waals surface area contributed by atoms with E-state index in [-0.39, 0.29) is 0 Å². The summed E-state index contributed by atoms with van der Waals surface area (Å²) in [5, 5.41) is 1.58. The summed E-state index contributed by atoms with van der Waals surface area (Å²) in [6.07, 6.45) is 0. The van der Waals surface area contributed by atoms with E-state index in [1.54, 1.807) is 5.29 Å². The van der Waals surface area contributed by atoms with E-state index in [1.165, 1.54) is 44.5 Å². The number of hydrogen-bond donors (Lipinski definition) is 0. The van der Waals surface area contributed by atoms with Crippen LogP contribution in [0, 0.1) is 0 Å². The Morgan fingerprint density at radius 3 is 1.24 bits per heavy atom. The van der Waals surface area contributed by atoms with Crippen LogP contribution in [-0.4, -0.2) is 18.6 Å². The standard InChI is InChI=1S/C28H23P/c1-29(2,27-23-15-7-3-11-19(23)20-12-4-8-16-24(20)27)28-25-17-9-5-13-21(25)22-14-6-10-18-26(22)28/h3-18,27H,1-2H3. The van der Waals surface area contributed by atoms with E-state index >= 15 is 0 Å². The molecular weight excluding hydrogens is 367 g/mol. The Kier molecular flexibility index (Phi) is 3.58. The average Bonchev–Trinajstić information content (AvgIpc) is 3.28. The Bertz CT molecular complexity index is 1240. The molecule has 2 aliphatic rings. The summed E-state index contributed by atoms with van der Waals surface area (Å²) < 4.78 is 0. The minimum Gasteiger partial charge on any atom is -0.0905 e. The molecule has 0 fully saturated rings. The number of benzene rings is 4. The highest BCUT2D eigenvalue weighted by Crippen LogP contribution is 2.67. The van der Waals surface area contributed by atoms with Crippen molar-refractivity contribution >= 4 is 12.2 Å². The lowest BCUT2D eigenvalue weighted by Crippen LogP contribution is -2.08. The fourth-order valence-corrected chi connectivity index (χ4v) is 9.30. The van der Waals surface area contributed by atoms with Crippen LogP contribution in [0.25, 0.3) is 22.3 Å². The van der Waals surface area contributed by atoms with Crippen molar-refractivity contribution in [2.24, 2.45) is 0 Å². The van der Waals surface area contributed by atoms with Crippen molar-refractivity contribution in [3.05, 3.63) is 119 Å². The van der Waals surface area contributed by atoms with Gasteiger partial charge in [-0.25, -0.2) is 0 Å². The van der Waals surface area contributed by atoms with E-state index in [1.807, 2.05) is 0 Å². The molecule has 0 N–H and O–H groups in total. The zero-order chi connectivity index (χ0) is 19.6. The van der Waals surface area contributed by atoms with Gasteiger partial charge in [0, 0.05) is 5.66 Å². The molecule has 4 aromatic carbocycles. The molecular formula is C28H23P. The van der Waals surface area contributed by atoms with Gasteiger partial charge >= 0.3 is 0 Å². The Morgan fingerprint density at radius 2 is 0.793 bits per heavy atom. The first-order valence-electron chi connectivity index (χ1n) is 10.3. The van der Waals surface area contributed by atoms with Crippen LogP contribution in [-0.2, 0) is 0 Å². The Hall–Kier alpha value is -2.82. The predicted octanol–water partition coefficient (Wildman–Crippen LogP) is 7.28. The van der Waals surface area contributed by atoms with Crippen LogP contribution in [0.1, 0.15) is 27.9 Å². The molecule has 0 radical (unpaired) electrons. The Morgan fingerprint density at radius 1 is 0.448 bits per heavy atom. The van der Waals surface area contributed by atoms with Gasteiger partial charge in [-0.3, -0.25) is 0 Å². The maximum Gasteiger partial charge on any atom is 0.0303 e. The highest BCUT2D eigenvalue weighted by atomic mass is 31.2. The number of hydrogen-bond acceptors (Lipinski definition) is 0.